The summed E-state index contributed by atoms with van der Waals surface area (Å²) in [5.41, 5.74) is 0.0131. The highest BCUT2D eigenvalue weighted by Crippen LogP contribution is 2.27. The lowest BCUT2D eigenvalue weighted by atomic mass is 10.1. The van der Waals surface area contributed by atoms with Gasteiger partial charge in [-0.3, -0.25) is 14.9 Å². The van der Waals surface area contributed by atoms with Gasteiger partial charge in [0.15, 0.2) is 5.82 Å². The molecule has 0 saturated carbocycles. The van der Waals surface area contributed by atoms with E-state index in [-0.39, 0.29) is 27.2 Å². The van der Waals surface area contributed by atoms with Crippen LogP contribution in [-0.4, -0.2) is 25.6 Å². The summed E-state index contributed by atoms with van der Waals surface area (Å²) in [6.45, 7) is 1.71. The molecule has 0 aliphatic rings. The number of nitrogens with zero attached hydrogens (tertiary/aromatic N) is 4. The Kier molecular flexibility index (Phi) is 5.31. The summed E-state index contributed by atoms with van der Waals surface area (Å²) in [5, 5.41) is 18.8. The summed E-state index contributed by atoms with van der Waals surface area (Å²) in [6.07, 6.45) is 1.38. The molecule has 138 valence electrons. The van der Waals surface area contributed by atoms with Crippen LogP contribution in [0, 0.1) is 17.0 Å². The van der Waals surface area contributed by atoms with Gasteiger partial charge in [-0.25, -0.2) is 4.98 Å². The van der Waals surface area contributed by atoms with Crippen molar-refractivity contribution in [2.24, 2.45) is 0 Å². The maximum atomic E-state index is 12.6. The average molecular weight is 427 g/mol. The first-order chi connectivity index (χ1) is 12.8. The Morgan fingerprint density at radius 3 is 2.59 bits per heavy atom. The fraction of sp³-hybridized carbons (Fsp3) is 0.0625. The first-order valence-electron chi connectivity index (χ1n) is 7.39. The van der Waals surface area contributed by atoms with Gasteiger partial charge in [-0.1, -0.05) is 34.8 Å². The normalized spacial score (nSPS) is 10.7. The Labute approximate surface area is 167 Å². The minimum atomic E-state index is -0.704. The molecule has 3 rings (SSSR count). The number of nitrogens with one attached hydrogen (secondary N) is 1. The number of hydrogen-bond donors (Lipinski definition) is 1. The van der Waals surface area contributed by atoms with Crippen LogP contribution in [0.4, 0.5) is 11.5 Å². The number of anilines is 1. The van der Waals surface area contributed by atoms with E-state index in [0.717, 1.165) is 6.07 Å². The van der Waals surface area contributed by atoms with Crippen LogP contribution < -0.4 is 5.32 Å². The van der Waals surface area contributed by atoms with Gasteiger partial charge in [0.25, 0.3) is 11.6 Å². The largest absolute Gasteiger partial charge is 0.306 e. The average Bonchev–Trinajstić information content (AvgIpc) is 2.94. The van der Waals surface area contributed by atoms with E-state index >= 15 is 0 Å². The SMILES string of the molecule is Cc1cc(NC(=O)c2ccc(Cl)cc2[N+](=O)[O-])n(-c2ncc(Cl)cc2Cl)n1. The summed E-state index contributed by atoms with van der Waals surface area (Å²) in [6, 6.07) is 6.83. The van der Waals surface area contributed by atoms with Crippen LogP contribution >= 0.6 is 34.8 Å². The molecule has 1 aromatic carbocycles. The van der Waals surface area contributed by atoms with Crippen LogP contribution in [-0.2, 0) is 0 Å². The number of nitro groups is 1. The molecule has 0 saturated heterocycles. The molecule has 1 N–H and O–H groups in total. The molecule has 8 nitrogen and oxygen atoms in total. The number of aromatic nitrogens is 3. The quantitative estimate of drug-likeness (QED) is 0.481. The minimum absolute atomic E-state index is 0.148. The predicted octanol–water partition coefficient (Wildman–Crippen LogP) is 4.70. The first-order valence-corrected chi connectivity index (χ1v) is 8.53. The molecule has 0 fully saturated rings. The molecule has 0 bridgehead atoms. The highest BCUT2D eigenvalue weighted by Gasteiger charge is 2.22. The fourth-order valence-electron chi connectivity index (χ4n) is 2.34. The van der Waals surface area contributed by atoms with Crippen molar-refractivity contribution < 1.29 is 9.72 Å². The van der Waals surface area contributed by atoms with Crippen molar-refractivity contribution in [3.63, 3.8) is 0 Å². The van der Waals surface area contributed by atoms with Crippen LogP contribution in [0.15, 0.2) is 36.5 Å². The number of amides is 1. The van der Waals surface area contributed by atoms with Crippen LogP contribution in [0.3, 0.4) is 0 Å². The van der Waals surface area contributed by atoms with Gasteiger partial charge in [-0.15, -0.1) is 0 Å². The fourth-order valence-corrected chi connectivity index (χ4v) is 2.97. The Hall–Kier alpha value is -2.68. The summed E-state index contributed by atoms with van der Waals surface area (Å²) >= 11 is 17.8. The summed E-state index contributed by atoms with van der Waals surface area (Å²) in [7, 11) is 0. The Bertz CT molecular complexity index is 1070. The Balaban J connectivity index is 2.00. The third-order valence-corrected chi connectivity index (χ3v) is 4.18. The number of hydrogen-bond acceptors (Lipinski definition) is 5. The van der Waals surface area contributed by atoms with E-state index in [4.69, 9.17) is 34.8 Å². The molecule has 0 aliphatic carbocycles. The van der Waals surface area contributed by atoms with Gasteiger partial charge in [-0.05, 0) is 25.1 Å². The van der Waals surface area contributed by atoms with Crippen LogP contribution in [0.2, 0.25) is 15.1 Å². The molecular weight excluding hydrogens is 417 g/mol. The number of rotatable bonds is 4. The number of nitro benzene ring substituents is 1. The van der Waals surface area contributed by atoms with Crippen molar-refractivity contribution in [3.8, 4) is 5.82 Å². The van der Waals surface area contributed by atoms with E-state index in [1.807, 2.05) is 0 Å². The van der Waals surface area contributed by atoms with Gasteiger partial charge < -0.3 is 5.32 Å². The van der Waals surface area contributed by atoms with Crippen LogP contribution in [0.25, 0.3) is 5.82 Å². The third kappa shape index (κ3) is 4.02. The minimum Gasteiger partial charge on any atom is -0.306 e. The van der Waals surface area contributed by atoms with E-state index in [1.165, 1.54) is 29.1 Å². The van der Waals surface area contributed by atoms with Crippen LogP contribution in [0.5, 0.6) is 0 Å². The molecular formula is C16H10Cl3N5O3. The van der Waals surface area contributed by atoms with Crippen molar-refractivity contribution in [2.75, 3.05) is 5.32 Å². The van der Waals surface area contributed by atoms with Gasteiger partial charge in [0.05, 0.1) is 20.7 Å². The molecule has 1 amide bonds. The second-order valence-corrected chi connectivity index (χ2v) is 6.69. The lowest BCUT2D eigenvalue weighted by Gasteiger charge is -2.10. The zero-order valence-electron chi connectivity index (χ0n) is 13.6. The number of carbonyl (C=O) groups is 1. The van der Waals surface area contributed by atoms with Crippen molar-refractivity contribution in [1.29, 1.82) is 0 Å². The van der Waals surface area contributed by atoms with Crippen molar-refractivity contribution >= 4 is 52.2 Å². The lowest BCUT2D eigenvalue weighted by Crippen LogP contribution is -2.17. The number of aryl methyl sites for hydroxylation is 1. The standard InChI is InChI=1S/C16H10Cl3N5O3/c1-8-4-14(23(22-8)15-12(19)5-10(18)7-20-15)21-16(25)11-3-2-9(17)6-13(11)24(26)27/h2-7H,1H3,(H,21,25). The second kappa shape index (κ2) is 7.51. The highest BCUT2D eigenvalue weighted by atomic mass is 35.5. The monoisotopic (exact) mass is 425 g/mol. The second-order valence-electron chi connectivity index (χ2n) is 5.41. The molecule has 11 heteroatoms. The van der Waals surface area contributed by atoms with E-state index < -0.39 is 16.5 Å². The molecule has 0 radical (unpaired) electrons. The predicted molar refractivity (Wildman–Crippen MR) is 102 cm³/mol. The molecule has 3 aromatic rings. The summed E-state index contributed by atoms with van der Waals surface area (Å²) in [4.78, 5) is 27.3. The highest BCUT2D eigenvalue weighted by molar-refractivity contribution is 6.35. The van der Waals surface area contributed by atoms with Crippen molar-refractivity contribution in [3.05, 3.63) is 73.0 Å². The van der Waals surface area contributed by atoms with Gasteiger partial charge in [0, 0.05) is 23.4 Å². The van der Waals surface area contributed by atoms with E-state index in [9.17, 15) is 14.9 Å². The molecule has 0 unspecified atom stereocenters. The summed E-state index contributed by atoms with van der Waals surface area (Å²) < 4.78 is 1.31. The van der Waals surface area contributed by atoms with Crippen LogP contribution in [0.1, 0.15) is 16.1 Å². The smallest absolute Gasteiger partial charge is 0.283 e. The lowest BCUT2D eigenvalue weighted by molar-refractivity contribution is -0.385. The molecule has 0 aliphatic heterocycles. The topological polar surface area (TPSA) is 103 Å². The van der Waals surface area contributed by atoms with E-state index in [1.54, 1.807) is 13.0 Å². The molecule has 0 atom stereocenters. The van der Waals surface area contributed by atoms with E-state index in [0.29, 0.717) is 10.7 Å². The van der Waals surface area contributed by atoms with Gasteiger partial charge in [0.1, 0.15) is 11.4 Å². The number of benzene rings is 1. The van der Waals surface area contributed by atoms with Crippen molar-refractivity contribution in [2.45, 2.75) is 6.92 Å². The number of carbonyl (C=O) groups excluding carboxylic acids is 1. The summed E-state index contributed by atoms with van der Waals surface area (Å²) in [5.74, 6) is -0.224. The van der Waals surface area contributed by atoms with Gasteiger partial charge in [-0.2, -0.15) is 9.78 Å². The molecule has 2 heterocycles. The van der Waals surface area contributed by atoms with Crippen molar-refractivity contribution in [1.82, 2.24) is 14.8 Å². The molecule has 2 aromatic heterocycles. The molecule has 27 heavy (non-hydrogen) atoms. The zero-order valence-corrected chi connectivity index (χ0v) is 15.9. The van der Waals surface area contributed by atoms with Gasteiger partial charge >= 0.3 is 0 Å². The number of pyridine rings is 1. The maximum absolute atomic E-state index is 12.6. The third-order valence-electron chi connectivity index (χ3n) is 3.46. The Morgan fingerprint density at radius 1 is 1.19 bits per heavy atom. The Morgan fingerprint density at radius 2 is 1.93 bits per heavy atom. The first kappa shape index (κ1) is 19.1. The maximum Gasteiger partial charge on any atom is 0.283 e. The van der Waals surface area contributed by atoms with Gasteiger partial charge in [0.2, 0.25) is 0 Å². The van der Waals surface area contributed by atoms with E-state index in [2.05, 4.69) is 15.4 Å². The zero-order chi connectivity index (χ0) is 19.7. The number of halogens is 3. The molecule has 0 spiro atoms.